The number of benzene rings is 1. The van der Waals surface area contributed by atoms with E-state index in [4.69, 9.17) is 0 Å². The summed E-state index contributed by atoms with van der Waals surface area (Å²) in [4.78, 5) is 0. The Morgan fingerprint density at radius 3 is 2.72 bits per heavy atom. The Balaban J connectivity index is 2.09. The highest BCUT2D eigenvalue weighted by atomic mass is 32.1. The van der Waals surface area contributed by atoms with E-state index in [-0.39, 0.29) is 0 Å². The number of hydrogen-bond acceptors (Lipinski definition) is 2. The summed E-state index contributed by atoms with van der Waals surface area (Å²) < 4.78 is 1.46. The van der Waals surface area contributed by atoms with E-state index in [1.807, 2.05) is 11.3 Å². The van der Waals surface area contributed by atoms with Crippen molar-refractivity contribution in [1.29, 1.82) is 0 Å². The van der Waals surface area contributed by atoms with Gasteiger partial charge in [0.25, 0.3) is 0 Å². The van der Waals surface area contributed by atoms with E-state index in [9.17, 15) is 0 Å². The van der Waals surface area contributed by atoms with Crippen LogP contribution in [0.2, 0.25) is 0 Å². The van der Waals surface area contributed by atoms with E-state index in [1.165, 1.54) is 26.8 Å². The lowest BCUT2D eigenvalue weighted by atomic mass is 10.0. The standard InChI is InChI=1S/C16H23NS/c1-11(2)9-17-6-5-14-10-18-16-13(4)7-12(3)8-15(14)16/h7-8,10-11,17H,5-6,9H2,1-4H3. The van der Waals surface area contributed by atoms with Crippen molar-refractivity contribution in [1.82, 2.24) is 5.32 Å². The Bertz CT molecular complexity index is 525. The van der Waals surface area contributed by atoms with E-state index < -0.39 is 0 Å². The van der Waals surface area contributed by atoms with Gasteiger partial charge in [-0.2, -0.15) is 0 Å². The zero-order chi connectivity index (χ0) is 13.1. The van der Waals surface area contributed by atoms with Gasteiger partial charge >= 0.3 is 0 Å². The van der Waals surface area contributed by atoms with Crippen LogP contribution in [-0.2, 0) is 6.42 Å². The monoisotopic (exact) mass is 261 g/mol. The van der Waals surface area contributed by atoms with Gasteiger partial charge < -0.3 is 5.32 Å². The summed E-state index contributed by atoms with van der Waals surface area (Å²) in [7, 11) is 0. The predicted molar refractivity (Wildman–Crippen MR) is 82.7 cm³/mol. The molecule has 2 aromatic rings. The molecule has 0 aliphatic heterocycles. The minimum absolute atomic E-state index is 0.730. The Labute approximate surface area is 114 Å². The van der Waals surface area contributed by atoms with Gasteiger partial charge in [0.1, 0.15) is 0 Å². The molecule has 98 valence electrons. The first-order valence-corrected chi connectivity index (χ1v) is 7.64. The maximum absolute atomic E-state index is 3.52. The summed E-state index contributed by atoms with van der Waals surface area (Å²) in [5, 5.41) is 7.31. The van der Waals surface area contributed by atoms with E-state index in [0.717, 1.165) is 25.4 Å². The first-order valence-electron chi connectivity index (χ1n) is 6.76. The number of rotatable bonds is 5. The summed E-state index contributed by atoms with van der Waals surface area (Å²) >= 11 is 1.89. The molecule has 1 aromatic carbocycles. The van der Waals surface area contributed by atoms with Crippen LogP contribution in [0.1, 0.15) is 30.5 Å². The number of nitrogens with one attached hydrogen (secondary N) is 1. The van der Waals surface area contributed by atoms with Crippen molar-refractivity contribution < 1.29 is 0 Å². The van der Waals surface area contributed by atoms with Gasteiger partial charge in [-0.25, -0.2) is 0 Å². The van der Waals surface area contributed by atoms with E-state index >= 15 is 0 Å². The molecule has 0 saturated heterocycles. The highest BCUT2D eigenvalue weighted by molar-refractivity contribution is 7.17. The quantitative estimate of drug-likeness (QED) is 0.791. The minimum Gasteiger partial charge on any atom is -0.316 e. The molecular formula is C16H23NS. The average Bonchev–Trinajstić information content (AvgIpc) is 2.67. The van der Waals surface area contributed by atoms with Crippen LogP contribution in [0, 0.1) is 19.8 Å². The minimum atomic E-state index is 0.730. The maximum atomic E-state index is 3.52. The van der Waals surface area contributed by atoms with Crippen molar-refractivity contribution in [3.8, 4) is 0 Å². The molecule has 0 spiro atoms. The maximum Gasteiger partial charge on any atom is 0.0374 e. The Morgan fingerprint density at radius 1 is 1.22 bits per heavy atom. The zero-order valence-corrected chi connectivity index (χ0v) is 12.7. The summed E-state index contributed by atoms with van der Waals surface area (Å²) in [6.45, 7) is 11.1. The predicted octanol–water partition coefficient (Wildman–Crippen LogP) is 4.31. The van der Waals surface area contributed by atoms with Crippen LogP contribution in [-0.4, -0.2) is 13.1 Å². The van der Waals surface area contributed by atoms with Crippen molar-refractivity contribution >= 4 is 21.4 Å². The Kier molecular flexibility index (Phi) is 4.41. The third-order valence-electron chi connectivity index (χ3n) is 3.21. The van der Waals surface area contributed by atoms with Gasteiger partial charge in [-0.1, -0.05) is 31.5 Å². The number of hydrogen-bond donors (Lipinski definition) is 1. The summed E-state index contributed by atoms with van der Waals surface area (Å²) in [6.07, 6.45) is 1.13. The fraction of sp³-hybridized carbons (Fsp3) is 0.500. The summed E-state index contributed by atoms with van der Waals surface area (Å²) in [6, 6.07) is 4.61. The molecule has 18 heavy (non-hydrogen) atoms. The van der Waals surface area contributed by atoms with Crippen LogP contribution in [0.4, 0.5) is 0 Å². The van der Waals surface area contributed by atoms with Crippen molar-refractivity contribution in [2.75, 3.05) is 13.1 Å². The van der Waals surface area contributed by atoms with Crippen molar-refractivity contribution in [2.45, 2.75) is 34.1 Å². The van der Waals surface area contributed by atoms with Gasteiger partial charge in [0.2, 0.25) is 0 Å². The van der Waals surface area contributed by atoms with Crippen molar-refractivity contribution in [2.24, 2.45) is 5.92 Å². The lowest BCUT2D eigenvalue weighted by Gasteiger charge is -2.07. The first-order chi connectivity index (χ1) is 8.58. The van der Waals surface area contributed by atoms with Crippen LogP contribution < -0.4 is 5.32 Å². The van der Waals surface area contributed by atoms with Gasteiger partial charge in [0.15, 0.2) is 0 Å². The molecule has 1 nitrogen and oxygen atoms in total. The van der Waals surface area contributed by atoms with Crippen LogP contribution in [0.3, 0.4) is 0 Å². The largest absolute Gasteiger partial charge is 0.316 e. The summed E-state index contributed by atoms with van der Waals surface area (Å²) in [5.41, 5.74) is 4.28. The van der Waals surface area contributed by atoms with Crippen molar-refractivity contribution in [3.05, 3.63) is 34.2 Å². The second-order valence-electron chi connectivity index (χ2n) is 5.57. The van der Waals surface area contributed by atoms with Crippen molar-refractivity contribution in [3.63, 3.8) is 0 Å². The molecule has 0 radical (unpaired) electrons. The molecule has 0 fully saturated rings. The zero-order valence-electron chi connectivity index (χ0n) is 11.8. The molecule has 0 unspecified atom stereocenters. The lowest BCUT2D eigenvalue weighted by molar-refractivity contribution is 0.555. The van der Waals surface area contributed by atoms with Crippen LogP contribution >= 0.6 is 11.3 Å². The molecule has 0 aliphatic rings. The van der Waals surface area contributed by atoms with Crippen LogP contribution in [0.25, 0.3) is 10.1 Å². The fourth-order valence-electron chi connectivity index (χ4n) is 2.35. The first kappa shape index (κ1) is 13.6. The molecule has 0 aliphatic carbocycles. The molecule has 0 amide bonds. The van der Waals surface area contributed by atoms with Gasteiger partial charge in [-0.15, -0.1) is 11.3 Å². The van der Waals surface area contributed by atoms with E-state index in [2.05, 4.69) is 50.5 Å². The molecule has 1 aromatic heterocycles. The number of aryl methyl sites for hydroxylation is 2. The molecular weight excluding hydrogens is 238 g/mol. The third-order valence-corrected chi connectivity index (χ3v) is 4.39. The Morgan fingerprint density at radius 2 is 2.00 bits per heavy atom. The second kappa shape index (κ2) is 5.85. The van der Waals surface area contributed by atoms with E-state index in [0.29, 0.717) is 0 Å². The number of thiophene rings is 1. The third kappa shape index (κ3) is 3.12. The van der Waals surface area contributed by atoms with Gasteiger partial charge in [-0.3, -0.25) is 0 Å². The smallest absolute Gasteiger partial charge is 0.0374 e. The van der Waals surface area contributed by atoms with Crippen LogP contribution in [0.15, 0.2) is 17.5 Å². The van der Waals surface area contributed by atoms with E-state index in [1.54, 1.807) is 0 Å². The van der Waals surface area contributed by atoms with Gasteiger partial charge in [0, 0.05) is 4.70 Å². The lowest BCUT2D eigenvalue weighted by Crippen LogP contribution is -2.21. The Hall–Kier alpha value is -0.860. The summed E-state index contributed by atoms with van der Waals surface area (Å²) in [5.74, 6) is 0.730. The van der Waals surface area contributed by atoms with Crippen LogP contribution in [0.5, 0.6) is 0 Å². The molecule has 1 heterocycles. The SMILES string of the molecule is Cc1cc(C)c2scc(CCNCC(C)C)c2c1. The fourth-order valence-corrected chi connectivity index (χ4v) is 3.42. The average molecular weight is 261 g/mol. The molecule has 2 rings (SSSR count). The normalized spacial score (nSPS) is 11.6. The highest BCUT2D eigenvalue weighted by Gasteiger charge is 2.06. The van der Waals surface area contributed by atoms with Gasteiger partial charge in [-0.05, 0) is 61.2 Å². The molecule has 0 bridgehead atoms. The highest BCUT2D eigenvalue weighted by Crippen LogP contribution is 2.30. The molecule has 2 heteroatoms. The molecule has 0 atom stereocenters. The second-order valence-corrected chi connectivity index (χ2v) is 6.45. The topological polar surface area (TPSA) is 12.0 Å². The molecule has 1 N–H and O–H groups in total. The molecule has 0 saturated carbocycles. The number of fused-ring (bicyclic) bond motifs is 1. The van der Waals surface area contributed by atoms with Gasteiger partial charge in [0.05, 0.1) is 0 Å².